The summed E-state index contributed by atoms with van der Waals surface area (Å²) in [6.07, 6.45) is 0. The fourth-order valence-electron chi connectivity index (χ4n) is 3.72. The highest BCUT2D eigenvalue weighted by Gasteiger charge is 2.17. The van der Waals surface area contributed by atoms with Crippen LogP contribution in [0.1, 0.15) is 12.5 Å². The summed E-state index contributed by atoms with van der Waals surface area (Å²) in [6.45, 7) is 4.66. The molecule has 0 spiro atoms. The molecular weight excluding hydrogens is 494 g/mol. The van der Waals surface area contributed by atoms with E-state index < -0.39 is 0 Å². The predicted molar refractivity (Wildman–Crippen MR) is 140 cm³/mol. The third-order valence-electron chi connectivity index (χ3n) is 5.54. The summed E-state index contributed by atoms with van der Waals surface area (Å²) in [4.78, 5) is 16.0. The Bertz CT molecular complexity index is 1320. The van der Waals surface area contributed by atoms with Crippen LogP contribution in [0.5, 0.6) is 0 Å². The lowest BCUT2D eigenvalue weighted by atomic mass is 10.1. The average Bonchev–Trinajstić information content (AvgIpc) is 2.88. The van der Waals surface area contributed by atoms with Gasteiger partial charge in [-0.1, -0.05) is 64.5 Å². The third kappa shape index (κ3) is 5.16. The molecule has 1 aromatic heterocycles. The van der Waals surface area contributed by atoms with Crippen LogP contribution in [-0.4, -0.2) is 47.0 Å². The lowest BCUT2D eigenvalue weighted by Crippen LogP contribution is -2.37. The highest BCUT2D eigenvalue weighted by Crippen LogP contribution is 2.26. The Morgan fingerprint density at radius 2 is 1.65 bits per heavy atom. The first-order valence-electron chi connectivity index (χ1n) is 11.1. The zero-order chi connectivity index (χ0) is 23.3. The lowest BCUT2D eigenvalue weighted by Gasteiger charge is -2.27. The van der Waals surface area contributed by atoms with Gasteiger partial charge in [-0.2, -0.15) is 20.1 Å². The number of ether oxygens (including phenoxy) is 1. The minimum Gasteiger partial charge on any atom is -0.378 e. The highest BCUT2D eigenvalue weighted by molar-refractivity contribution is 9.10. The van der Waals surface area contributed by atoms with Crippen molar-refractivity contribution in [2.24, 2.45) is 5.10 Å². The average molecular weight is 518 g/mol. The zero-order valence-electron chi connectivity index (χ0n) is 18.7. The van der Waals surface area contributed by atoms with Crippen molar-refractivity contribution in [3.63, 3.8) is 0 Å². The summed E-state index contributed by atoms with van der Waals surface area (Å²) in [5.41, 5.74) is 5.78. The molecule has 0 aliphatic carbocycles. The number of aromatic nitrogens is 3. The Kier molecular flexibility index (Phi) is 6.64. The van der Waals surface area contributed by atoms with Crippen molar-refractivity contribution in [1.29, 1.82) is 0 Å². The SMILES string of the molecule is C/C(=N\Nc1nc(Nc2cccc3ccccc23)nc(N2CCOCC2)n1)c1ccc(Br)cc1. The first kappa shape index (κ1) is 22.2. The van der Waals surface area contributed by atoms with Gasteiger partial charge in [-0.15, -0.1) is 0 Å². The van der Waals surface area contributed by atoms with Crippen molar-refractivity contribution in [1.82, 2.24) is 15.0 Å². The molecule has 3 aromatic carbocycles. The molecule has 1 fully saturated rings. The van der Waals surface area contributed by atoms with Crippen molar-refractivity contribution in [2.45, 2.75) is 6.92 Å². The van der Waals surface area contributed by atoms with E-state index in [9.17, 15) is 0 Å². The van der Waals surface area contributed by atoms with Gasteiger partial charge in [0, 0.05) is 28.6 Å². The Morgan fingerprint density at radius 1 is 0.912 bits per heavy atom. The maximum Gasteiger partial charge on any atom is 0.250 e. The second kappa shape index (κ2) is 10.1. The van der Waals surface area contributed by atoms with E-state index in [0.29, 0.717) is 31.1 Å². The Morgan fingerprint density at radius 3 is 2.47 bits per heavy atom. The standard InChI is InChI=1S/C25H24BrN7O/c1-17(18-9-11-20(26)12-10-18)31-32-24-28-23(29-25(30-24)33-13-15-34-16-14-33)27-22-8-4-6-19-5-2-3-7-21(19)22/h2-12H,13-16H2,1H3,(H2,27,28,29,30,32)/b31-17+. The molecule has 2 N–H and O–H groups in total. The fraction of sp³-hybridized carbons (Fsp3) is 0.200. The van der Waals surface area contributed by atoms with Crippen LogP contribution < -0.4 is 15.6 Å². The molecule has 0 radical (unpaired) electrons. The minimum absolute atomic E-state index is 0.371. The molecule has 0 amide bonds. The number of fused-ring (bicyclic) bond motifs is 1. The van der Waals surface area contributed by atoms with Crippen molar-refractivity contribution in [3.05, 3.63) is 76.8 Å². The zero-order valence-corrected chi connectivity index (χ0v) is 20.3. The number of nitrogens with one attached hydrogen (secondary N) is 2. The molecule has 0 bridgehead atoms. The molecule has 5 rings (SSSR count). The molecule has 9 heteroatoms. The fourth-order valence-corrected chi connectivity index (χ4v) is 3.98. The van der Waals surface area contributed by atoms with Gasteiger partial charge in [0.25, 0.3) is 0 Å². The molecule has 0 atom stereocenters. The molecule has 0 unspecified atom stereocenters. The predicted octanol–water partition coefficient (Wildman–Crippen LogP) is 5.20. The molecule has 0 saturated carbocycles. The number of hydrogen-bond donors (Lipinski definition) is 2. The van der Waals surface area contributed by atoms with Gasteiger partial charge in [-0.3, -0.25) is 0 Å². The monoisotopic (exact) mass is 517 g/mol. The van der Waals surface area contributed by atoms with Crippen molar-refractivity contribution < 1.29 is 4.74 Å². The number of anilines is 4. The summed E-state index contributed by atoms with van der Waals surface area (Å²) in [6, 6.07) is 22.3. The Hall–Kier alpha value is -3.56. The number of morpholine rings is 1. The summed E-state index contributed by atoms with van der Waals surface area (Å²) in [5, 5.41) is 10.1. The van der Waals surface area contributed by atoms with Gasteiger partial charge in [-0.05, 0) is 36.1 Å². The van der Waals surface area contributed by atoms with E-state index in [1.165, 1.54) is 0 Å². The van der Waals surface area contributed by atoms with Crippen LogP contribution in [0, 0.1) is 0 Å². The molecular formula is C25H24BrN7O. The van der Waals surface area contributed by atoms with Gasteiger partial charge >= 0.3 is 0 Å². The number of benzene rings is 3. The quantitative estimate of drug-likeness (QED) is 0.268. The van der Waals surface area contributed by atoms with E-state index in [1.807, 2.05) is 55.5 Å². The molecule has 2 heterocycles. The Balaban J connectivity index is 1.46. The van der Waals surface area contributed by atoms with E-state index in [4.69, 9.17) is 9.72 Å². The molecule has 1 aliphatic rings. The molecule has 8 nitrogen and oxygen atoms in total. The summed E-state index contributed by atoms with van der Waals surface area (Å²) >= 11 is 3.46. The van der Waals surface area contributed by atoms with Gasteiger partial charge in [0.15, 0.2) is 0 Å². The first-order chi connectivity index (χ1) is 16.7. The van der Waals surface area contributed by atoms with Crippen LogP contribution in [0.3, 0.4) is 0 Å². The first-order valence-corrected chi connectivity index (χ1v) is 11.8. The highest BCUT2D eigenvalue weighted by atomic mass is 79.9. The third-order valence-corrected chi connectivity index (χ3v) is 6.07. The van der Waals surface area contributed by atoms with Crippen LogP contribution in [-0.2, 0) is 4.74 Å². The van der Waals surface area contributed by atoms with Gasteiger partial charge in [0.1, 0.15) is 0 Å². The second-order valence-corrected chi connectivity index (χ2v) is 8.77. The molecule has 1 saturated heterocycles. The Labute approximate surface area is 206 Å². The van der Waals surface area contributed by atoms with Crippen LogP contribution in [0.2, 0.25) is 0 Å². The van der Waals surface area contributed by atoms with Gasteiger partial charge in [0.2, 0.25) is 17.8 Å². The smallest absolute Gasteiger partial charge is 0.250 e. The number of rotatable bonds is 6. The molecule has 172 valence electrons. The van der Waals surface area contributed by atoms with Gasteiger partial charge in [0.05, 0.1) is 18.9 Å². The lowest BCUT2D eigenvalue weighted by molar-refractivity contribution is 0.122. The maximum absolute atomic E-state index is 5.49. The number of nitrogens with zero attached hydrogens (tertiary/aromatic N) is 5. The van der Waals surface area contributed by atoms with Crippen LogP contribution in [0.4, 0.5) is 23.5 Å². The maximum atomic E-state index is 5.49. The second-order valence-electron chi connectivity index (χ2n) is 7.85. The topological polar surface area (TPSA) is 87.6 Å². The normalized spacial score (nSPS) is 14.3. The largest absolute Gasteiger partial charge is 0.378 e. The number of hydrazone groups is 1. The van der Waals surface area contributed by atoms with Crippen LogP contribution >= 0.6 is 15.9 Å². The summed E-state index contributed by atoms with van der Waals surface area (Å²) in [7, 11) is 0. The van der Waals surface area contributed by atoms with E-state index in [-0.39, 0.29) is 0 Å². The number of halogens is 1. The van der Waals surface area contributed by atoms with Crippen molar-refractivity contribution in [2.75, 3.05) is 41.9 Å². The van der Waals surface area contributed by atoms with E-state index in [2.05, 4.69) is 64.8 Å². The molecule has 34 heavy (non-hydrogen) atoms. The minimum atomic E-state index is 0.371. The van der Waals surface area contributed by atoms with Crippen molar-refractivity contribution >= 4 is 55.9 Å². The van der Waals surface area contributed by atoms with Crippen molar-refractivity contribution in [3.8, 4) is 0 Å². The van der Waals surface area contributed by atoms with E-state index in [1.54, 1.807) is 0 Å². The summed E-state index contributed by atoms with van der Waals surface area (Å²) < 4.78 is 6.51. The van der Waals surface area contributed by atoms with Gasteiger partial charge < -0.3 is 15.0 Å². The van der Waals surface area contributed by atoms with Gasteiger partial charge in [-0.25, -0.2) is 5.43 Å². The summed E-state index contributed by atoms with van der Waals surface area (Å²) in [5.74, 6) is 1.41. The number of hydrogen-bond acceptors (Lipinski definition) is 8. The van der Waals surface area contributed by atoms with Crippen LogP contribution in [0.25, 0.3) is 10.8 Å². The van der Waals surface area contributed by atoms with E-state index in [0.717, 1.165) is 45.3 Å². The van der Waals surface area contributed by atoms with E-state index >= 15 is 0 Å². The molecule has 4 aromatic rings. The molecule has 1 aliphatic heterocycles. The van der Waals surface area contributed by atoms with Crippen LogP contribution in [0.15, 0.2) is 76.3 Å².